The fourth-order valence-corrected chi connectivity index (χ4v) is 5.13. The van der Waals surface area contributed by atoms with E-state index in [1.165, 1.54) is 11.8 Å². The van der Waals surface area contributed by atoms with Crippen LogP contribution in [-0.2, 0) is 14.3 Å². The third-order valence-electron chi connectivity index (χ3n) is 5.85. The van der Waals surface area contributed by atoms with Crippen LogP contribution in [0, 0.1) is 5.92 Å². The van der Waals surface area contributed by atoms with Gasteiger partial charge in [0.05, 0.1) is 19.0 Å². The van der Waals surface area contributed by atoms with Crippen LogP contribution in [0.5, 0.6) is 0 Å². The van der Waals surface area contributed by atoms with E-state index in [9.17, 15) is 4.79 Å². The number of aromatic nitrogens is 3. The molecule has 0 N–H and O–H groups in total. The van der Waals surface area contributed by atoms with Crippen molar-refractivity contribution in [1.29, 1.82) is 0 Å². The van der Waals surface area contributed by atoms with Crippen molar-refractivity contribution in [3.05, 3.63) is 60.7 Å². The van der Waals surface area contributed by atoms with Crippen LogP contribution in [0.4, 0.5) is 0 Å². The molecule has 2 aliphatic rings. The second-order valence-corrected chi connectivity index (χ2v) is 8.93. The first-order chi connectivity index (χ1) is 15.8. The Hall–Kier alpha value is -2.68. The zero-order valence-electron chi connectivity index (χ0n) is 17.8. The normalized spacial score (nSPS) is 19.4. The highest BCUT2D eigenvalue weighted by Crippen LogP contribution is 2.29. The standard InChI is InChI=1S/C24H26N4O3S/c29-21(27-13-7-10-19(16-27)23-30-14-15-31-23)17-32-24-26-25-22(18-8-3-1-4-9-18)28(24)20-11-5-2-6-12-20/h1-6,8-9,11-12,19,23H,7,10,13-17H2. The summed E-state index contributed by atoms with van der Waals surface area (Å²) in [7, 11) is 0. The molecule has 0 spiro atoms. The molecule has 3 aromatic rings. The lowest BCUT2D eigenvalue weighted by molar-refractivity contribution is -0.136. The smallest absolute Gasteiger partial charge is 0.233 e. The summed E-state index contributed by atoms with van der Waals surface area (Å²) in [6, 6.07) is 20.0. The van der Waals surface area contributed by atoms with Crippen molar-refractivity contribution in [3.63, 3.8) is 0 Å². The van der Waals surface area contributed by atoms with Crippen LogP contribution in [0.3, 0.4) is 0 Å². The molecular formula is C24H26N4O3S. The quantitative estimate of drug-likeness (QED) is 0.534. The monoisotopic (exact) mass is 450 g/mol. The molecule has 5 rings (SSSR count). The van der Waals surface area contributed by atoms with Crippen LogP contribution in [0.25, 0.3) is 17.1 Å². The Morgan fingerprint density at radius 3 is 2.47 bits per heavy atom. The van der Waals surface area contributed by atoms with E-state index in [4.69, 9.17) is 9.47 Å². The summed E-state index contributed by atoms with van der Waals surface area (Å²) in [6.45, 7) is 2.75. The number of carbonyl (C=O) groups excluding carboxylic acids is 1. The summed E-state index contributed by atoms with van der Waals surface area (Å²) in [5.74, 6) is 1.44. The summed E-state index contributed by atoms with van der Waals surface area (Å²) in [4.78, 5) is 15.0. The number of hydrogen-bond donors (Lipinski definition) is 0. The average Bonchev–Trinajstić information content (AvgIpc) is 3.54. The lowest BCUT2D eigenvalue weighted by atomic mass is 9.97. The number of para-hydroxylation sites is 1. The molecule has 2 aliphatic heterocycles. The Morgan fingerprint density at radius 2 is 1.72 bits per heavy atom. The molecule has 2 aromatic carbocycles. The molecule has 1 aromatic heterocycles. The fraction of sp³-hybridized carbons (Fsp3) is 0.375. The van der Waals surface area contributed by atoms with Gasteiger partial charge >= 0.3 is 0 Å². The minimum atomic E-state index is -0.173. The number of amides is 1. The van der Waals surface area contributed by atoms with E-state index in [0.717, 1.165) is 36.5 Å². The van der Waals surface area contributed by atoms with Crippen LogP contribution in [0.1, 0.15) is 12.8 Å². The molecule has 3 heterocycles. The van der Waals surface area contributed by atoms with Gasteiger partial charge in [0.15, 0.2) is 17.3 Å². The molecule has 1 amide bonds. The molecule has 32 heavy (non-hydrogen) atoms. The molecule has 0 aliphatic carbocycles. The Morgan fingerprint density at radius 1 is 1.00 bits per heavy atom. The summed E-state index contributed by atoms with van der Waals surface area (Å²) in [5, 5.41) is 9.59. The van der Waals surface area contributed by atoms with Crippen LogP contribution >= 0.6 is 11.8 Å². The minimum absolute atomic E-state index is 0.113. The maximum atomic E-state index is 13.0. The summed E-state index contributed by atoms with van der Waals surface area (Å²) in [5.41, 5.74) is 1.96. The van der Waals surface area contributed by atoms with Crippen molar-refractivity contribution in [2.75, 3.05) is 32.1 Å². The molecule has 2 fully saturated rings. The third-order valence-corrected chi connectivity index (χ3v) is 6.76. The number of nitrogens with zero attached hydrogens (tertiary/aromatic N) is 4. The maximum absolute atomic E-state index is 13.0. The first-order valence-electron chi connectivity index (χ1n) is 11.0. The first kappa shape index (κ1) is 21.2. The van der Waals surface area contributed by atoms with E-state index in [2.05, 4.69) is 10.2 Å². The molecule has 1 atom stereocenters. The molecule has 0 radical (unpaired) electrons. The topological polar surface area (TPSA) is 69.5 Å². The number of ether oxygens (including phenoxy) is 2. The number of rotatable bonds is 6. The number of carbonyl (C=O) groups is 1. The summed E-state index contributed by atoms with van der Waals surface area (Å²) < 4.78 is 13.4. The van der Waals surface area contributed by atoms with Crippen molar-refractivity contribution in [2.24, 2.45) is 5.92 Å². The van der Waals surface area contributed by atoms with Gasteiger partial charge in [-0.2, -0.15) is 0 Å². The van der Waals surface area contributed by atoms with Gasteiger partial charge in [-0.3, -0.25) is 9.36 Å². The number of piperidine rings is 1. The Balaban J connectivity index is 1.32. The van der Waals surface area contributed by atoms with Gasteiger partial charge < -0.3 is 14.4 Å². The Bertz CT molecular complexity index is 1040. The number of hydrogen-bond acceptors (Lipinski definition) is 6. The second-order valence-electron chi connectivity index (χ2n) is 7.98. The van der Waals surface area contributed by atoms with Gasteiger partial charge in [-0.1, -0.05) is 60.3 Å². The Kier molecular flexibility index (Phi) is 6.52. The zero-order chi connectivity index (χ0) is 21.8. The SMILES string of the molecule is O=C(CSc1nnc(-c2ccccc2)n1-c1ccccc1)N1CCCC(C2OCCO2)C1. The highest BCUT2D eigenvalue weighted by Gasteiger charge is 2.32. The van der Waals surface area contributed by atoms with E-state index < -0.39 is 0 Å². The van der Waals surface area contributed by atoms with E-state index in [-0.39, 0.29) is 18.1 Å². The van der Waals surface area contributed by atoms with Gasteiger partial charge in [0, 0.05) is 30.3 Å². The van der Waals surface area contributed by atoms with Crippen LogP contribution in [0.2, 0.25) is 0 Å². The molecule has 2 saturated heterocycles. The van der Waals surface area contributed by atoms with Crippen LogP contribution in [-0.4, -0.2) is 63.9 Å². The van der Waals surface area contributed by atoms with Gasteiger partial charge in [0.1, 0.15) is 0 Å². The average molecular weight is 451 g/mol. The van der Waals surface area contributed by atoms with Crippen molar-refractivity contribution in [2.45, 2.75) is 24.3 Å². The molecule has 1 unspecified atom stereocenters. The largest absolute Gasteiger partial charge is 0.350 e. The van der Waals surface area contributed by atoms with Crippen molar-refractivity contribution in [1.82, 2.24) is 19.7 Å². The van der Waals surface area contributed by atoms with Crippen molar-refractivity contribution in [3.8, 4) is 17.1 Å². The van der Waals surface area contributed by atoms with Gasteiger partial charge in [0.25, 0.3) is 0 Å². The van der Waals surface area contributed by atoms with Gasteiger partial charge in [-0.05, 0) is 25.0 Å². The minimum Gasteiger partial charge on any atom is -0.350 e. The van der Waals surface area contributed by atoms with Crippen LogP contribution in [0.15, 0.2) is 65.8 Å². The summed E-state index contributed by atoms with van der Waals surface area (Å²) in [6.07, 6.45) is 1.83. The van der Waals surface area contributed by atoms with Crippen LogP contribution < -0.4 is 0 Å². The predicted octanol–water partition coefficient (Wildman–Crippen LogP) is 3.64. The maximum Gasteiger partial charge on any atom is 0.233 e. The predicted molar refractivity (Wildman–Crippen MR) is 123 cm³/mol. The molecule has 0 saturated carbocycles. The lowest BCUT2D eigenvalue weighted by Crippen LogP contribution is -2.44. The molecule has 0 bridgehead atoms. The Labute approximate surface area is 191 Å². The number of benzene rings is 2. The summed E-state index contributed by atoms with van der Waals surface area (Å²) >= 11 is 1.43. The number of thioether (sulfide) groups is 1. The molecule has 7 nitrogen and oxygen atoms in total. The lowest BCUT2D eigenvalue weighted by Gasteiger charge is -2.34. The van der Waals surface area contributed by atoms with Crippen molar-refractivity contribution < 1.29 is 14.3 Å². The third kappa shape index (κ3) is 4.57. The fourth-order valence-electron chi connectivity index (χ4n) is 4.27. The second kappa shape index (κ2) is 9.85. The highest BCUT2D eigenvalue weighted by molar-refractivity contribution is 7.99. The zero-order valence-corrected chi connectivity index (χ0v) is 18.6. The van der Waals surface area contributed by atoms with Gasteiger partial charge in [-0.15, -0.1) is 10.2 Å². The first-order valence-corrected chi connectivity index (χ1v) is 12.0. The van der Waals surface area contributed by atoms with Gasteiger partial charge in [-0.25, -0.2) is 0 Å². The molecule has 166 valence electrons. The van der Waals surface area contributed by atoms with E-state index in [1.54, 1.807) is 0 Å². The van der Waals surface area contributed by atoms with E-state index in [1.807, 2.05) is 70.1 Å². The number of likely N-dealkylation sites (tertiary alicyclic amines) is 1. The van der Waals surface area contributed by atoms with E-state index in [0.29, 0.717) is 30.7 Å². The molecule has 8 heteroatoms. The van der Waals surface area contributed by atoms with E-state index >= 15 is 0 Å². The highest BCUT2D eigenvalue weighted by atomic mass is 32.2. The molecular weight excluding hydrogens is 424 g/mol. The van der Waals surface area contributed by atoms with Gasteiger partial charge in [0.2, 0.25) is 5.91 Å². The van der Waals surface area contributed by atoms with Crippen molar-refractivity contribution >= 4 is 17.7 Å².